The number of hydrogen-bond donors (Lipinski definition) is 2. The Bertz CT molecular complexity index is 225. The molecule has 80 valence electrons. The average molecular weight is 197 g/mol. The highest BCUT2D eigenvalue weighted by atomic mass is 16.2. The van der Waals surface area contributed by atoms with Gasteiger partial charge in [0.05, 0.1) is 12.1 Å². The Morgan fingerprint density at radius 3 is 2.71 bits per heavy atom. The van der Waals surface area contributed by atoms with Crippen LogP contribution in [0.5, 0.6) is 0 Å². The first kappa shape index (κ1) is 9.93. The van der Waals surface area contributed by atoms with Crippen LogP contribution in [0, 0.1) is 5.92 Å². The molecule has 14 heavy (non-hydrogen) atoms. The number of amides is 1. The lowest BCUT2D eigenvalue weighted by atomic mass is 10.0. The minimum Gasteiger partial charge on any atom is -0.349 e. The maximum Gasteiger partial charge on any atom is 0.237 e. The molecule has 2 aliphatic heterocycles. The van der Waals surface area contributed by atoms with Crippen molar-refractivity contribution in [3.63, 3.8) is 0 Å². The van der Waals surface area contributed by atoms with Gasteiger partial charge < -0.3 is 15.5 Å². The van der Waals surface area contributed by atoms with Gasteiger partial charge >= 0.3 is 0 Å². The summed E-state index contributed by atoms with van der Waals surface area (Å²) in [6.45, 7) is 5.10. The first-order valence-corrected chi connectivity index (χ1v) is 5.39. The van der Waals surface area contributed by atoms with Gasteiger partial charge in [0.1, 0.15) is 0 Å². The summed E-state index contributed by atoms with van der Waals surface area (Å²) < 4.78 is 0. The van der Waals surface area contributed by atoms with E-state index in [1.807, 2.05) is 0 Å². The summed E-state index contributed by atoms with van der Waals surface area (Å²) in [7, 11) is 2.07. The largest absolute Gasteiger partial charge is 0.349 e. The Kier molecular flexibility index (Phi) is 2.74. The van der Waals surface area contributed by atoms with Gasteiger partial charge in [0.15, 0.2) is 0 Å². The van der Waals surface area contributed by atoms with Crippen molar-refractivity contribution < 1.29 is 4.79 Å². The van der Waals surface area contributed by atoms with Crippen molar-refractivity contribution >= 4 is 5.91 Å². The van der Waals surface area contributed by atoms with Crippen LogP contribution in [0.15, 0.2) is 0 Å². The van der Waals surface area contributed by atoms with Crippen LogP contribution in [0.3, 0.4) is 0 Å². The van der Waals surface area contributed by atoms with E-state index in [1.54, 1.807) is 0 Å². The summed E-state index contributed by atoms with van der Waals surface area (Å²) in [5.41, 5.74) is 0. The second-order valence-electron chi connectivity index (χ2n) is 4.62. The third kappa shape index (κ3) is 1.91. The SMILES string of the molecule is CC1CCNC1C(=O)NC1CN(C)C1. The van der Waals surface area contributed by atoms with Crippen LogP contribution in [-0.2, 0) is 4.79 Å². The summed E-state index contributed by atoms with van der Waals surface area (Å²) in [5, 5.41) is 6.32. The molecule has 2 aliphatic rings. The van der Waals surface area contributed by atoms with E-state index in [0.717, 1.165) is 26.1 Å². The highest BCUT2D eigenvalue weighted by molar-refractivity contribution is 5.82. The van der Waals surface area contributed by atoms with Gasteiger partial charge in [-0.2, -0.15) is 0 Å². The molecular weight excluding hydrogens is 178 g/mol. The van der Waals surface area contributed by atoms with Crippen molar-refractivity contribution in [2.75, 3.05) is 26.7 Å². The zero-order valence-electron chi connectivity index (χ0n) is 8.92. The third-order valence-corrected chi connectivity index (χ3v) is 3.23. The van der Waals surface area contributed by atoms with E-state index in [2.05, 4.69) is 29.5 Å². The molecule has 2 saturated heterocycles. The van der Waals surface area contributed by atoms with Gasteiger partial charge in [-0.25, -0.2) is 0 Å². The lowest BCUT2D eigenvalue weighted by molar-refractivity contribution is -0.125. The number of nitrogens with zero attached hydrogens (tertiary/aromatic N) is 1. The molecule has 4 nitrogen and oxygen atoms in total. The van der Waals surface area contributed by atoms with Gasteiger partial charge in [-0.05, 0) is 25.9 Å². The van der Waals surface area contributed by atoms with Crippen molar-refractivity contribution in [1.82, 2.24) is 15.5 Å². The normalized spacial score (nSPS) is 34.1. The van der Waals surface area contributed by atoms with Gasteiger partial charge in [0, 0.05) is 13.1 Å². The molecule has 0 bridgehead atoms. The Morgan fingerprint density at radius 2 is 2.21 bits per heavy atom. The number of carbonyl (C=O) groups excluding carboxylic acids is 1. The smallest absolute Gasteiger partial charge is 0.237 e. The summed E-state index contributed by atoms with van der Waals surface area (Å²) in [4.78, 5) is 14.0. The fourth-order valence-corrected chi connectivity index (χ4v) is 2.27. The van der Waals surface area contributed by atoms with Crippen molar-refractivity contribution in [2.45, 2.75) is 25.4 Å². The summed E-state index contributed by atoms with van der Waals surface area (Å²) in [5.74, 6) is 0.668. The summed E-state index contributed by atoms with van der Waals surface area (Å²) in [6.07, 6.45) is 1.11. The van der Waals surface area contributed by atoms with Crippen LogP contribution in [-0.4, -0.2) is 49.6 Å². The second kappa shape index (κ2) is 3.87. The van der Waals surface area contributed by atoms with Crippen molar-refractivity contribution in [3.05, 3.63) is 0 Å². The standard InChI is InChI=1S/C10H19N3O/c1-7-3-4-11-9(7)10(14)12-8-5-13(2)6-8/h7-9,11H,3-6H2,1-2H3,(H,12,14). The van der Waals surface area contributed by atoms with Gasteiger partial charge in [-0.1, -0.05) is 6.92 Å². The van der Waals surface area contributed by atoms with Crippen LogP contribution in [0.25, 0.3) is 0 Å². The highest BCUT2D eigenvalue weighted by Gasteiger charge is 2.32. The first-order valence-electron chi connectivity index (χ1n) is 5.39. The Hall–Kier alpha value is -0.610. The molecule has 0 aromatic rings. The quantitative estimate of drug-likeness (QED) is 0.622. The van der Waals surface area contributed by atoms with Gasteiger partial charge in [0.25, 0.3) is 0 Å². The van der Waals surface area contributed by atoms with Crippen molar-refractivity contribution in [1.29, 1.82) is 0 Å². The summed E-state index contributed by atoms with van der Waals surface area (Å²) in [6, 6.07) is 0.419. The zero-order chi connectivity index (χ0) is 10.1. The van der Waals surface area contributed by atoms with Crippen LogP contribution >= 0.6 is 0 Å². The van der Waals surface area contributed by atoms with Crippen molar-refractivity contribution in [2.24, 2.45) is 5.92 Å². The monoisotopic (exact) mass is 197 g/mol. The Balaban J connectivity index is 1.78. The van der Waals surface area contributed by atoms with E-state index >= 15 is 0 Å². The van der Waals surface area contributed by atoms with Crippen LogP contribution in [0.2, 0.25) is 0 Å². The molecule has 0 aromatic heterocycles. The van der Waals surface area contributed by atoms with E-state index in [4.69, 9.17) is 0 Å². The second-order valence-corrected chi connectivity index (χ2v) is 4.62. The van der Waals surface area contributed by atoms with Gasteiger partial charge in [-0.3, -0.25) is 4.79 Å². The molecule has 2 fully saturated rings. The highest BCUT2D eigenvalue weighted by Crippen LogP contribution is 2.15. The molecule has 0 saturated carbocycles. The molecule has 0 radical (unpaired) electrons. The minimum absolute atomic E-state index is 0.0425. The fourth-order valence-electron chi connectivity index (χ4n) is 2.27. The maximum atomic E-state index is 11.8. The molecule has 0 spiro atoms. The van der Waals surface area contributed by atoms with Crippen molar-refractivity contribution in [3.8, 4) is 0 Å². The summed E-state index contributed by atoms with van der Waals surface area (Å²) >= 11 is 0. The Morgan fingerprint density at radius 1 is 1.50 bits per heavy atom. The third-order valence-electron chi connectivity index (χ3n) is 3.23. The van der Waals surface area contributed by atoms with E-state index in [0.29, 0.717) is 12.0 Å². The van der Waals surface area contributed by atoms with Crippen LogP contribution in [0.1, 0.15) is 13.3 Å². The molecule has 0 aliphatic carbocycles. The number of likely N-dealkylation sites (N-methyl/N-ethyl adjacent to an activating group) is 1. The first-order chi connectivity index (χ1) is 6.66. The van der Waals surface area contributed by atoms with Gasteiger partial charge in [0.2, 0.25) is 5.91 Å². The zero-order valence-corrected chi connectivity index (χ0v) is 8.92. The van der Waals surface area contributed by atoms with Gasteiger partial charge in [-0.15, -0.1) is 0 Å². The predicted octanol–water partition coefficient (Wildman–Crippen LogP) is -0.585. The fraction of sp³-hybridized carbons (Fsp3) is 0.900. The molecular formula is C10H19N3O. The van der Waals surface area contributed by atoms with E-state index in [-0.39, 0.29) is 11.9 Å². The lowest BCUT2D eigenvalue weighted by Gasteiger charge is -2.37. The predicted molar refractivity (Wildman–Crippen MR) is 55.0 cm³/mol. The number of carbonyl (C=O) groups is 1. The molecule has 2 heterocycles. The number of likely N-dealkylation sites (tertiary alicyclic amines) is 1. The van der Waals surface area contributed by atoms with Crippen LogP contribution in [0.4, 0.5) is 0 Å². The molecule has 2 unspecified atom stereocenters. The average Bonchev–Trinajstić information content (AvgIpc) is 2.48. The number of hydrogen-bond acceptors (Lipinski definition) is 3. The lowest BCUT2D eigenvalue weighted by Crippen LogP contribution is -2.60. The molecule has 2 atom stereocenters. The molecule has 2 rings (SSSR count). The molecule has 4 heteroatoms. The molecule has 1 amide bonds. The van der Waals surface area contributed by atoms with E-state index < -0.39 is 0 Å². The molecule has 2 N–H and O–H groups in total. The van der Waals surface area contributed by atoms with E-state index in [1.165, 1.54) is 0 Å². The Labute approximate surface area is 85.0 Å². The van der Waals surface area contributed by atoms with E-state index in [9.17, 15) is 4.79 Å². The number of rotatable bonds is 2. The number of nitrogens with one attached hydrogen (secondary N) is 2. The van der Waals surface area contributed by atoms with Crippen LogP contribution < -0.4 is 10.6 Å². The minimum atomic E-state index is 0.0425. The maximum absolute atomic E-state index is 11.8. The molecule has 0 aromatic carbocycles. The topological polar surface area (TPSA) is 44.4 Å².